The third-order valence-electron chi connectivity index (χ3n) is 7.68. The molecule has 0 aliphatic carbocycles. The van der Waals surface area contributed by atoms with Crippen LogP contribution in [0.2, 0.25) is 0 Å². The van der Waals surface area contributed by atoms with Crippen LogP contribution in [-0.4, -0.2) is 43.2 Å². The summed E-state index contributed by atoms with van der Waals surface area (Å²) in [5.74, 6) is 1.32. The molecule has 1 saturated heterocycles. The molecule has 1 aliphatic heterocycles. The molecule has 5 aromatic rings. The van der Waals surface area contributed by atoms with Crippen molar-refractivity contribution in [2.75, 3.05) is 13.1 Å². The topological polar surface area (TPSA) is 79.7 Å². The maximum absolute atomic E-state index is 13.5. The summed E-state index contributed by atoms with van der Waals surface area (Å²) in [5, 5.41) is 13.9. The summed E-state index contributed by atoms with van der Waals surface area (Å²) >= 11 is 0. The van der Waals surface area contributed by atoms with Gasteiger partial charge in [-0.2, -0.15) is 0 Å². The summed E-state index contributed by atoms with van der Waals surface area (Å²) in [6, 6.07) is 28.7. The van der Waals surface area contributed by atoms with E-state index in [1.165, 1.54) is 5.56 Å². The number of aromatic amines is 1. The molecule has 0 radical (unpaired) electrons. The number of aryl methyl sites for hydroxylation is 1. The van der Waals surface area contributed by atoms with Gasteiger partial charge in [0.2, 0.25) is 0 Å². The molecule has 192 valence electrons. The third kappa shape index (κ3) is 5.15. The Bertz CT molecular complexity index is 1570. The lowest BCUT2D eigenvalue weighted by Gasteiger charge is -2.37. The van der Waals surface area contributed by atoms with E-state index < -0.39 is 0 Å². The number of pyridine rings is 1. The minimum Gasteiger partial charge on any atom is -0.322 e. The normalized spacial score (nSPS) is 15.6. The third-order valence-corrected chi connectivity index (χ3v) is 7.68. The molecule has 0 unspecified atom stereocenters. The summed E-state index contributed by atoms with van der Waals surface area (Å²) in [7, 11) is 0. The lowest BCUT2D eigenvalue weighted by molar-refractivity contribution is 0.143. The number of nitrogens with one attached hydrogen (secondary N) is 1. The number of rotatable bonds is 7. The van der Waals surface area contributed by atoms with Gasteiger partial charge in [-0.05, 0) is 90.3 Å². The van der Waals surface area contributed by atoms with Crippen LogP contribution in [0, 0.1) is 12.8 Å². The van der Waals surface area contributed by atoms with E-state index >= 15 is 0 Å². The number of likely N-dealkylation sites (tertiary alicyclic amines) is 1. The fraction of sp³-hybridized carbons (Fsp3) is 0.290. The predicted molar refractivity (Wildman–Crippen MR) is 149 cm³/mol. The molecule has 1 aliphatic rings. The van der Waals surface area contributed by atoms with Crippen LogP contribution in [0.25, 0.3) is 10.9 Å². The number of tetrazole rings is 1. The van der Waals surface area contributed by atoms with Gasteiger partial charge < -0.3 is 4.98 Å². The summed E-state index contributed by atoms with van der Waals surface area (Å²) in [5.41, 5.74) is 5.09. The van der Waals surface area contributed by atoms with Gasteiger partial charge in [-0.15, -0.1) is 5.10 Å². The Morgan fingerprint density at radius 3 is 2.37 bits per heavy atom. The molecule has 3 aromatic carbocycles. The lowest BCUT2D eigenvalue weighted by Crippen LogP contribution is -2.41. The van der Waals surface area contributed by atoms with Crippen LogP contribution >= 0.6 is 0 Å². The monoisotopic (exact) mass is 504 g/mol. The van der Waals surface area contributed by atoms with Crippen molar-refractivity contribution in [2.24, 2.45) is 5.92 Å². The Kier molecular flexibility index (Phi) is 6.84. The van der Waals surface area contributed by atoms with Gasteiger partial charge in [0, 0.05) is 11.1 Å². The molecule has 38 heavy (non-hydrogen) atoms. The van der Waals surface area contributed by atoms with E-state index in [0.29, 0.717) is 23.9 Å². The Hall–Kier alpha value is -4.10. The second-order valence-corrected chi connectivity index (χ2v) is 10.4. The fourth-order valence-electron chi connectivity index (χ4n) is 5.68. The van der Waals surface area contributed by atoms with Gasteiger partial charge in [0.25, 0.3) is 5.56 Å². The van der Waals surface area contributed by atoms with E-state index in [1.807, 2.05) is 41.1 Å². The van der Waals surface area contributed by atoms with Crippen molar-refractivity contribution in [2.45, 2.75) is 38.8 Å². The maximum atomic E-state index is 13.5. The van der Waals surface area contributed by atoms with Crippen molar-refractivity contribution in [3.05, 3.63) is 123 Å². The number of benzene rings is 3. The molecule has 0 bridgehead atoms. The number of hydrogen-bond donors (Lipinski definition) is 1. The van der Waals surface area contributed by atoms with Crippen molar-refractivity contribution in [3.63, 3.8) is 0 Å². The number of fused-ring (bicyclic) bond motifs is 1. The number of H-pyrrole nitrogens is 1. The van der Waals surface area contributed by atoms with Crippen LogP contribution < -0.4 is 5.56 Å². The first-order valence-electron chi connectivity index (χ1n) is 13.4. The average Bonchev–Trinajstić information content (AvgIpc) is 3.39. The minimum atomic E-state index is -0.333. The number of aromatic nitrogens is 5. The van der Waals surface area contributed by atoms with Gasteiger partial charge in [-0.25, -0.2) is 4.68 Å². The quantitative estimate of drug-likeness (QED) is 0.341. The SMILES string of the molecule is Cc1ccc2[nH]c(=O)c([C@H](c3nnnn3Cc3ccccc3)N3CCC(Cc4ccccc4)CC3)cc2c1. The van der Waals surface area contributed by atoms with Gasteiger partial charge in [0.15, 0.2) is 5.82 Å². The van der Waals surface area contributed by atoms with E-state index in [0.717, 1.165) is 54.4 Å². The lowest BCUT2D eigenvalue weighted by atomic mass is 9.89. The van der Waals surface area contributed by atoms with Crippen LogP contribution in [0.5, 0.6) is 0 Å². The zero-order chi connectivity index (χ0) is 25.9. The van der Waals surface area contributed by atoms with Crippen molar-refractivity contribution >= 4 is 10.9 Å². The molecule has 0 saturated carbocycles. The first-order valence-corrected chi connectivity index (χ1v) is 13.4. The molecule has 0 spiro atoms. The van der Waals surface area contributed by atoms with E-state index in [4.69, 9.17) is 0 Å². The minimum absolute atomic E-state index is 0.0907. The van der Waals surface area contributed by atoms with E-state index in [9.17, 15) is 4.79 Å². The highest BCUT2D eigenvalue weighted by Gasteiger charge is 2.33. The fourth-order valence-corrected chi connectivity index (χ4v) is 5.68. The van der Waals surface area contributed by atoms with Gasteiger partial charge in [-0.3, -0.25) is 9.69 Å². The van der Waals surface area contributed by atoms with Gasteiger partial charge in [-0.1, -0.05) is 72.3 Å². The molecule has 1 fully saturated rings. The summed E-state index contributed by atoms with van der Waals surface area (Å²) in [6.45, 7) is 4.38. The molecular formula is C31H32N6O. The Labute approximate surface area is 222 Å². The van der Waals surface area contributed by atoms with Gasteiger partial charge >= 0.3 is 0 Å². The first kappa shape index (κ1) is 24.2. The van der Waals surface area contributed by atoms with Crippen LogP contribution in [0.4, 0.5) is 0 Å². The predicted octanol–water partition coefficient (Wildman–Crippen LogP) is 4.92. The van der Waals surface area contributed by atoms with E-state index in [2.05, 4.69) is 80.9 Å². The van der Waals surface area contributed by atoms with Crippen LogP contribution in [-0.2, 0) is 13.0 Å². The highest BCUT2D eigenvalue weighted by molar-refractivity contribution is 5.79. The average molecular weight is 505 g/mol. The van der Waals surface area contributed by atoms with Crippen LogP contribution in [0.1, 0.15) is 47.0 Å². The smallest absolute Gasteiger partial charge is 0.253 e. The molecule has 3 heterocycles. The molecule has 0 amide bonds. The zero-order valence-corrected chi connectivity index (χ0v) is 21.6. The van der Waals surface area contributed by atoms with Crippen LogP contribution in [0.3, 0.4) is 0 Å². The molecule has 1 atom stereocenters. The van der Waals surface area contributed by atoms with Gasteiger partial charge in [0.05, 0.1) is 6.54 Å². The zero-order valence-electron chi connectivity index (χ0n) is 21.6. The van der Waals surface area contributed by atoms with Crippen molar-refractivity contribution in [3.8, 4) is 0 Å². The molecule has 1 N–H and O–H groups in total. The summed E-state index contributed by atoms with van der Waals surface area (Å²) in [4.78, 5) is 19.0. The van der Waals surface area contributed by atoms with Crippen molar-refractivity contribution < 1.29 is 0 Å². The number of nitrogens with zero attached hydrogens (tertiary/aromatic N) is 5. The second kappa shape index (κ2) is 10.7. The maximum Gasteiger partial charge on any atom is 0.253 e. The summed E-state index contributed by atoms with van der Waals surface area (Å²) < 4.78 is 1.84. The Morgan fingerprint density at radius 1 is 0.921 bits per heavy atom. The molecule has 2 aromatic heterocycles. The highest BCUT2D eigenvalue weighted by Crippen LogP contribution is 2.32. The molecule has 6 rings (SSSR count). The van der Waals surface area contributed by atoms with Crippen molar-refractivity contribution in [1.29, 1.82) is 0 Å². The largest absolute Gasteiger partial charge is 0.322 e. The molecule has 7 heteroatoms. The second-order valence-electron chi connectivity index (χ2n) is 10.4. The van der Waals surface area contributed by atoms with Crippen molar-refractivity contribution in [1.82, 2.24) is 30.1 Å². The first-order chi connectivity index (χ1) is 18.6. The Balaban J connectivity index is 1.35. The number of piperidine rings is 1. The van der Waals surface area contributed by atoms with Crippen LogP contribution in [0.15, 0.2) is 89.7 Å². The Morgan fingerprint density at radius 2 is 1.63 bits per heavy atom. The molecule has 7 nitrogen and oxygen atoms in total. The summed E-state index contributed by atoms with van der Waals surface area (Å²) in [6.07, 6.45) is 3.22. The highest BCUT2D eigenvalue weighted by atomic mass is 16.1. The van der Waals surface area contributed by atoms with Gasteiger partial charge in [0.1, 0.15) is 6.04 Å². The standard InChI is InChI=1S/C31H32N6O/c1-22-12-13-28-26(18-22)20-27(31(38)32-28)29(30-33-34-35-37(30)21-25-10-6-3-7-11-25)36-16-14-24(15-17-36)19-23-8-4-2-5-9-23/h2-13,18,20,24,29H,14-17,19,21H2,1H3,(H,32,38)/t29-/m1/s1. The molecular weight excluding hydrogens is 472 g/mol. The van der Waals surface area contributed by atoms with E-state index in [1.54, 1.807) is 0 Å². The number of hydrogen-bond acceptors (Lipinski definition) is 5. The van der Waals surface area contributed by atoms with E-state index in [-0.39, 0.29) is 11.6 Å².